The largest absolute Gasteiger partial charge is 0.695 e. The molecule has 2 N–H and O–H groups in total. The number of methoxy groups -OCH3 is 2. The zero-order valence-electron chi connectivity index (χ0n) is 29.5. The number of fused-ring (bicyclic) bond motifs is 3. The van der Waals surface area contributed by atoms with Crippen molar-refractivity contribution in [1.29, 1.82) is 5.26 Å². The summed E-state index contributed by atoms with van der Waals surface area (Å²) in [5.41, 5.74) is 3.75. The van der Waals surface area contributed by atoms with E-state index in [0.717, 1.165) is 44.1 Å². The molecule has 0 aliphatic carbocycles. The molecule has 0 bridgehead atoms. The first-order valence-corrected chi connectivity index (χ1v) is 18.1. The maximum atomic E-state index is 14.0. The lowest BCUT2D eigenvalue weighted by molar-refractivity contribution is -0.124. The van der Waals surface area contributed by atoms with Crippen molar-refractivity contribution in [2.75, 3.05) is 20.8 Å². The summed E-state index contributed by atoms with van der Waals surface area (Å²) in [6.07, 6.45) is 2.25. The molecular formula is C42H39N3O7P+. The Balaban J connectivity index is 1.38. The number of para-hydroxylation sites is 1. The lowest BCUT2D eigenvalue weighted by atomic mass is 9.80. The molecule has 1 heterocycles. The van der Waals surface area contributed by atoms with Crippen LogP contribution in [0.15, 0.2) is 127 Å². The van der Waals surface area contributed by atoms with Gasteiger partial charge in [-0.3, -0.25) is 4.79 Å². The molecule has 268 valence electrons. The first-order valence-electron chi connectivity index (χ1n) is 17.0. The lowest BCUT2D eigenvalue weighted by Gasteiger charge is -2.37. The Kier molecular flexibility index (Phi) is 11.6. The fraction of sp³-hybridized carbons (Fsp3) is 0.190. The molecule has 0 fully saturated rings. The predicted molar refractivity (Wildman–Crippen MR) is 205 cm³/mol. The summed E-state index contributed by atoms with van der Waals surface area (Å²) < 4.78 is 37.2. The summed E-state index contributed by atoms with van der Waals surface area (Å²) in [5.74, 6) is 0.992. The minimum atomic E-state index is -2.99. The highest BCUT2D eigenvalue weighted by Gasteiger charge is 2.40. The molecular weight excluding hydrogens is 689 g/mol. The van der Waals surface area contributed by atoms with Gasteiger partial charge in [0, 0.05) is 32.4 Å². The molecule has 0 radical (unpaired) electrons. The Bertz CT molecular complexity index is 2230. The summed E-state index contributed by atoms with van der Waals surface area (Å²) in [6.45, 7) is 1.47. The molecule has 0 saturated carbocycles. The molecule has 0 saturated heterocycles. The zero-order valence-corrected chi connectivity index (χ0v) is 30.4. The third-order valence-electron chi connectivity index (χ3n) is 9.27. The molecule has 0 spiro atoms. The number of hydrogen-bond acceptors (Lipinski definition) is 7. The maximum Gasteiger partial charge on any atom is 0.695 e. The van der Waals surface area contributed by atoms with E-state index in [2.05, 4.69) is 5.32 Å². The normalized spacial score (nSPS) is 13.1. The van der Waals surface area contributed by atoms with E-state index in [1.54, 1.807) is 27.2 Å². The number of aromatic nitrogens is 1. The van der Waals surface area contributed by atoms with Crippen LogP contribution in [0.2, 0.25) is 0 Å². The van der Waals surface area contributed by atoms with Gasteiger partial charge in [-0.2, -0.15) is 5.26 Å². The molecule has 6 aromatic rings. The number of nitrogens with zero attached hydrogens (tertiary/aromatic N) is 2. The summed E-state index contributed by atoms with van der Waals surface area (Å²) in [6, 6.07) is 39.6. The average molecular weight is 729 g/mol. The van der Waals surface area contributed by atoms with Crippen LogP contribution in [0, 0.1) is 11.3 Å². The van der Waals surface area contributed by atoms with Crippen LogP contribution < -0.4 is 14.8 Å². The van der Waals surface area contributed by atoms with Gasteiger partial charge in [0.25, 0.3) is 0 Å². The Labute approximate surface area is 308 Å². The van der Waals surface area contributed by atoms with Gasteiger partial charge in [-0.05, 0) is 77.7 Å². The molecule has 10 nitrogen and oxygen atoms in total. The Morgan fingerprint density at radius 1 is 0.849 bits per heavy atom. The Morgan fingerprint density at radius 2 is 1.43 bits per heavy atom. The zero-order chi connectivity index (χ0) is 37.4. The quantitative estimate of drug-likeness (QED) is 0.0620. The molecule has 0 aliphatic rings. The monoisotopic (exact) mass is 728 g/mol. The van der Waals surface area contributed by atoms with Gasteiger partial charge < -0.3 is 24.1 Å². The van der Waals surface area contributed by atoms with Gasteiger partial charge in [0.15, 0.2) is 0 Å². The topological polar surface area (TPSA) is 132 Å². The van der Waals surface area contributed by atoms with Crippen LogP contribution in [0.3, 0.4) is 0 Å². The number of rotatable bonds is 15. The minimum Gasteiger partial charge on any atom is -0.497 e. The summed E-state index contributed by atoms with van der Waals surface area (Å²) in [5, 5.41) is 14.0. The summed E-state index contributed by atoms with van der Waals surface area (Å²) in [7, 11) is 0.215. The van der Waals surface area contributed by atoms with Gasteiger partial charge in [0.1, 0.15) is 29.7 Å². The lowest BCUT2D eigenvalue weighted by Crippen LogP contribution is -2.49. The molecule has 3 atom stereocenters. The number of benzene rings is 5. The molecule has 53 heavy (non-hydrogen) atoms. The molecule has 6 rings (SSSR count). The minimum absolute atomic E-state index is 0.0489. The average Bonchev–Trinajstić information content (AvgIpc) is 3.49. The smallest absolute Gasteiger partial charge is 0.497 e. The van der Waals surface area contributed by atoms with Gasteiger partial charge in [0.05, 0.1) is 32.9 Å². The van der Waals surface area contributed by atoms with Crippen molar-refractivity contribution in [3.05, 3.63) is 150 Å². The van der Waals surface area contributed by atoms with Crippen LogP contribution in [0.25, 0.3) is 27.9 Å². The van der Waals surface area contributed by atoms with Crippen LogP contribution >= 0.6 is 8.25 Å². The third kappa shape index (κ3) is 8.00. The second kappa shape index (κ2) is 16.7. The van der Waals surface area contributed by atoms with Crippen molar-refractivity contribution in [2.45, 2.75) is 31.2 Å². The number of carbonyl (C=O) groups excluding carboxylic acids is 1. The highest BCUT2D eigenvalue weighted by Crippen LogP contribution is 2.42. The number of nitrogens with one attached hydrogen (secondary N) is 1. The van der Waals surface area contributed by atoms with Crippen molar-refractivity contribution >= 4 is 42.0 Å². The fourth-order valence-corrected chi connectivity index (χ4v) is 7.11. The summed E-state index contributed by atoms with van der Waals surface area (Å²) >= 11 is 0. The second-order valence-corrected chi connectivity index (χ2v) is 13.1. The first kappa shape index (κ1) is 37.0. The molecule has 1 unspecified atom stereocenters. The molecule has 0 aliphatic heterocycles. The van der Waals surface area contributed by atoms with E-state index in [9.17, 15) is 14.3 Å². The van der Waals surface area contributed by atoms with Crippen LogP contribution in [0.1, 0.15) is 29.2 Å². The molecule has 11 heteroatoms. The van der Waals surface area contributed by atoms with Crippen molar-refractivity contribution in [3.63, 3.8) is 0 Å². The van der Waals surface area contributed by atoms with Gasteiger partial charge in [0.2, 0.25) is 5.91 Å². The van der Waals surface area contributed by atoms with Crippen molar-refractivity contribution in [3.8, 4) is 17.6 Å². The van der Waals surface area contributed by atoms with Gasteiger partial charge in [-0.25, -0.2) is 0 Å². The summed E-state index contributed by atoms with van der Waals surface area (Å²) in [4.78, 5) is 23.8. The Morgan fingerprint density at radius 3 is 2.04 bits per heavy atom. The van der Waals surface area contributed by atoms with E-state index in [4.69, 9.17) is 24.0 Å². The van der Waals surface area contributed by atoms with Crippen molar-refractivity contribution in [2.24, 2.45) is 0 Å². The van der Waals surface area contributed by atoms with Gasteiger partial charge >= 0.3 is 8.25 Å². The van der Waals surface area contributed by atoms with E-state index in [0.29, 0.717) is 11.5 Å². The SMILES string of the molecule is COc1ccc(C(OC[C@@H](NC(=O)Cn2c3ccccc3c3cc(/C=C/C#N)ccc32)[C@@H](C)O[P+](=O)O)(c2ccccc2)c2ccc(OC)cc2)cc1. The third-order valence-corrected chi connectivity index (χ3v) is 9.78. The molecule has 5 aromatic carbocycles. The number of allylic oxidation sites excluding steroid dienone is 1. The molecule has 1 aromatic heterocycles. The van der Waals surface area contributed by atoms with Crippen LogP contribution in [-0.2, 0) is 30.8 Å². The van der Waals surface area contributed by atoms with Crippen LogP contribution in [0.4, 0.5) is 0 Å². The van der Waals surface area contributed by atoms with E-state index >= 15 is 0 Å². The van der Waals surface area contributed by atoms with Crippen molar-refractivity contribution < 1.29 is 33.0 Å². The van der Waals surface area contributed by atoms with E-state index < -0.39 is 26.0 Å². The highest BCUT2D eigenvalue weighted by molar-refractivity contribution is 7.32. The highest BCUT2D eigenvalue weighted by atomic mass is 31.1. The standard InChI is InChI=1S/C42H38N3O7P/c1-29(52-53(47)48)38(44-41(46)27-45-39-14-8-7-13-36(39)37-26-30(10-9-25-43)15-24-40(37)45)28-51-42(31-11-5-4-6-12-31,32-16-20-34(49-2)21-17-32)33-18-22-35(50-3)23-19-33/h4-24,26,29,38H,27-28H2,1-3H3,(H-,44,46,47,48)/p+1/b10-9+/t29-,38-/m1/s1. The fourth-order valence-electron chi connectivity index (χ4n) is 6.67. The second-order valence-electron chi connectivity index (χ2n) is 12.4. The predicted octanol–water partition coefficient (Wildman–Crippen LogP) is 7.90. The Hall–Kier alpha value is -5.82. The van der Waals surface area contributed by atoms with Crippen LogP contribution in [0.5, 0.6) is 11.5 Å². The first-order chi connectivity index (χ1) is 25.8. The molecule has 1 amide bonds. The number of hydrogen-bond donors (Lipinski definition) is 2. The van der Waals surface area contributed by atoms with Crippen LogP contribution in [-0.4, -0.2) is 48.3 Å². The van der Waals surface area contributed by atoms with Crippen molar-refractivity contribution in [1.82, 2.24) is 9.88 Å². The van der Waals surface area contributed by atoms with E-state index in [-0.39, 0.29) is 19.1 Å². The van der Waals surface area contributed by atoms with E-state index in [1.165, 1.54) is 6.08 Å². The van der Waals surface area contributed by atoms with Gasteiger partial charge in [-0.15, -0.1) is 9.42 Å². The number of carbonyl (C=O) groups is 1. The number of nitriles is 1. The van der Waals surface area contributed by atoms with Gasteiger partial charge in [-0.1, -0.05) is 78.9 Å². The maximum absolute atomic E-state index is 14.0. The number of ether oxygens (including phenoxy) is 3. The van der Waals surface area contributed by atoms with E-state index in [1.807, 2.05) is 132 Å². The number of amides is 1.